The minimum absolute atomic E-state index is 0.201. The first-order valence-electron chi connectivity index (χ1n) is 10.3. The van der Waals surface area contributed by atoms with Gasteiger partial charge in [-0.05, 0) is 36.6 Å². The van der Waals surface area contributed by atoms with Crippen molar-refractivity contribution in [2.24, 2.45) is 7.05 Å². The summed E-state index contributed by atoms with van der Waals surface area (Å²) in [5.41, 5.74) is 4.37. The third-order valence-corrected chi connectivity index (χ3v) is 6.19. The predicted molar refractivity (Wildman–Crippen MR) is 114 cm³/mol. The van der Waals surface area contributed by atoms with Crippen molar-refractivity contribution >= 4 is 11.5 Å². The van der Waals surface area contributed by atoms with Crippen LogP contribution >= 0.6 is 0 Å². The maximum Gasteiger partial charge on any atom is 0.175 e. The molecule has 1 aliphatic carbocycles. The number of phenols is 1. The standard InChI is InChI=1S/C22H26N6O/c1-26-9-10-28(17-5-3-4-6-17)22-20(26)12-19(24-25-22)18-8-7-15(11-21(18)29)16-13-23-27(2)14-16/h7-8,11-14,17,29H,3-6,9-10H2,1-2H3. The Morgan fingerprint density at radius 2 is 1.83 bits per heavy atom. The lowest BCUT2D eigenvalue weighted by atomic mass is 10.0. The van der Waals surface area contributed by atoms with E-state index >= 15 is 0 Å². The van der Waals surface area contributed by atoms with Gasteiger partial charge >= 0.3 is 0 Å². The first-order valence-corrected chi connectivity index (χ1v) is 10.3. The predicted octanol–water partition coefficient (Wildman–Crippen LogP) is 3.45. The van der Waals surface area contributed by atoms with Crippen molar-refractivity contribution in [2.45, 2.75) is 31.7 Å². The molecule has 1 aliphatic heterocycles. The largest absolute Gasteiger partial charge is 0.507 e. The zero-order valence-electron chi connectivity index (χ0n) is 16.9. The number of likely N-dealkylation sites (N-methyl/N-ethyl adjacent to an activating group) is 1. The second-order valence-corrected chi connectivity index (χ2v) is 8.13. The molecule has 0 radical (unpaired) electrons. The van der Waals surface area contributed by atoms with Crippen LogP contribution in [0.3, 0.4) is 0 Å². The zero-order valence-corrected chi connectivity index (χ0v) is 16.9. The molecule has 1 saturated carbocycles. The monoisotopic (exact) mass is 390 g/mol. The summed E-state index contributed by atoms with van der Waals surface area (Å²) in [7, 11) is 3.98. The van der Waals surface area contributed by atoms with Crippen molar-refractivity contribution in [1.29, 1.82) is 0 Å². The van der Waals surface area contributed by atoms with E-state index in [0.717, 1.165) is 35.7 Å². The number of hydrogen-bond acceptors (Lipinski definition) is 6. The van der Waals surface area contributed by atoms with Gasteiger partial charge in [0.05, 0.1) is 17.6 Å². The van der Waals surface area contributed by atoms with Gasteiger partial charge in [-0.3, -0.25) is 4.68 Å². The van der Waals surface area contributed by atoms with Crippen LogP contribution in [0.25, 0.3) is 22.4 Å². The number of anilines is 2. The summed E-state index contributed by atoms with van der Waals surface area (Å²) in [6.45, 7) is 1.97. The molecule has 7 heteroatoms. The minimum atomic E-state index is 0.201. The summed E-state index contributed by atoms with van der Waals surface area (Å²) in [6.07, 6.45) is 8.80. The van der Waals surface area contributed by atoms with Crippen LogP contribution in [0.4, 0.5) is 11.5 Å². The van der Waals surface area contributed by atoms with Gasteiger partial charge < -0.3 is 14.9 Å². The van der Waals surface area contributed by atoms with E-state index in [-0.39, 0.29) is 5.75 Å². The van der Waals surface area contributed by atoms with E-state index in [2.05, 4.69) is 38.2 Å². The Morgan fingerprint density at radius 3 is 2.55 bits per heavy atom. The highest BCUT2D eigenvalue weighted by Crippen LogP contribution is 2.39. The third-order valence-electron chi connectivity index (χ3n) is 6.19. The Morgan fingerprint density at radius 1 is 1.00 bits per heavy atom. The number of aromatic nitrogens is 4. The SMILES string of the molecule is CN1CCN(C2CCCC2)c2nnc(-c3ccc(-c4cnn(C)c4)cc3O)cc21. The number of fused-ring (bicyclic) bond motifs is 1. The second-order valence-electron chi connectivity index (χ2n) is 8.13. The van der Waals surface area contributed by atoms with Gasteiger partial charge in [-0.25, -0.2) is 0 Å². The van der Waals surface area contributed by atoms with Crippen molar-refractivity contribution < 1.29 is 5.11 Å². The molecule has 1 aromatic carbocycles. The van der Waals surface area contributed by atoms with Crippen LogP contribution in [-0.2, 0) is 7.05 Å². The van der Waals surface area contributed by atoms with Crippen LogP contribution in [0.15, 0.2) is 36.7 Å². The molecule has 3 aromatic rings. The molecule has 0 saturated heterocycles. The molecule has 2 aromatic heterocycles. The first-order chi connectivity index (χ1) is 14.1. The van der Waals surface area contributed by atoms with Crippen LogP contribution < -0.4 is 9.80 Å². The molecule has 0 unspecified atom stereocenters. The lowest BCUT2D eigenvalue weighted by Gasteiger charge is -2.39. The van der Waals surface area contributed by atoms with Crippen LogP contribution in [0.2, 0.25) is 0 Å². The number of aromatic hydroxyl groups is 1. The fraction of sp³-hybridized carbons (Fsp3) is 0.409. The van der Waals surface area contributed by atoms with Gasteiger partial charge in [0, 0.05) is 50.6 Å². The lowest BCUT2D eigenvalue weighted by Crippen LogP contribution is -2.44. The van der Waals surface area contributed by atoms with Crippen LogP contribution in [0.1, 0.15) is 25.7 Å². The van der Waals surface area contributed by atoms with E-state index in [1.165, 1.54) is 25.7 Å². The number of aryl methyl sites for hydroxylation is 1. The molecule has 0 amide bonds. The van der Waals surface area contributed by atoms with E-state index in [9.17, 15) is 5.11 Å². The fourth-order valence-electron chi connectivity index (χ4n) is 4.55. The molecule has 0 atom stereocenters. The normalized spacial score (nSPS) is 17.0. The van der Waals surface area contributed by atoms with Crippen molar-refractivity contribution in [3.05, 3.63) is 36.7 Å². The summed E-state index contributed by atoms with van der Waals surface area (Å²) in [4.78, 5) is 4.67. The highest BCUT2D eigenvalue weighted by Gasteiger charge is 2.30. The second kappa shape index (κ2) is 7.06. The van der Waals surface area contributed by atoms with Crippen molar-refractivity contribution in [3.8, 4) is 28.1 Å². The van der Waals surface area contributed by atoms with Crippen LogP contribution in [-0.4, -0.2) is 51.3 Å². The van der Waals surface area contributed by atoms with Gasteiger partial charge in [0.25, 0.3) is 0 Å². The van der Waals surface area contributed by atoms with Crippen LogP contribution in [0, 0.1) is 0 Å². The Bertz CT molecular complexity index is 1040. The number of rotatable bonds is 3. The fourth-order valence-corrected chi connectivity index (χ4v) is 4.55. The third kappa shape index (κ3) is 3.20. The Hall–Kier alpha value is -3.09. The van der Waals surface area contributed by atoms with Gasteiger partial charge in [0.1, 0.15) is 5.75 Å². The summed E-state index contributed by atoms with van der Waals surface area (Å²) in [5.74, 6) is 1.17. The van der Waals surface area contributed by atoms with Gasteiger partial charge in [-0.2, -0.15) is 5.10 Å². The maximum atomic E-state index is 10.7. The van der Waals surface area contributed by atoms with Gasteiger partial charge in [-0.15, -0.1) is 10.2 Å². The summed E-state index contributed by atoms with van der Waals surface area (Å²) >= 11 is 0. The highest BCUT2D eigenvalue weighted by molar-refractivity contribution is 5.79. The number of benzene rings is 1. The van der Waals surface area contributed by atoms with E-state index in [1.807, 2.05) is 25.4 Å². The summed E-state index contributed by atoms with van der Waals surface area (Å²) in [5, 5.41) is 24.0. The molecule has 3 heterocycles. The molecule has 0 bridgehead atoms. The minimum Gasteiger partial charge on any atom is -0.507 e. The first kappa shape index (κ1) is 18.0. The van der Waals surface area contributed by atoms with Gasteiger partial charge in [0.2, 0.25) is 0 Å². The molecule has 29 heavy (non-hydrogen) atoms. The van der Waals surface area contributed by atoms with Crippen LogP contribution in [0.5, 0.6) is 5.75 Å². The van der Waals surface area contributed by atoms with Crippen molar-refractivity contribution in [2.75, 3.05) is 29.9 Å². The number of nitrogens with zero attached hydrogens (tertiary/aromatic N) is 6. The molecule has 1 N–H and O–H groups in total. The molecule has 7 nitrogen and oxygen atoms in total. The zero-order chi connectivity index (χ0) is 20.0. The van der Waals surface area contributed by atoms with E-state index in [4.69, 9.17) is 0 Å². The van der Waals surface area contributed by atoms with E-state index < -0.39 is 0 Å². The molecule has 5 rings (SSSR count). The Kier molecular flexibility index (Phi) is 4.38. The average molecular weight is 390 g/mol. The lowest BCUT2D eigenvalue weighted by molar-refractivity contribution is 0.477. The molecule has 1 fully saturated rings. The Balaban J connectivity index is 1.50. The summed E-state index contributed by atoms with van der Waals surface area (Å²) < 4.78 is 1.75. The van der Waals surface area contributed by atoms with Crippen molar-refractivity contribution in [1.82, 2.24) is 20.0 Å². The molecule has 2 aliphatic rings. The quantitative estimate of drug-likeness (QED) is 0.739. The average Bonchev–Trinajstić information content (AvgIpc) is 3.40. The molecule has 150 valence electrons. The molecular weight excluding hydrogens is 364 g/mol. The molecular formula is C22H26N6O. The maximum absolute atomic E-state index is 10.7. The molecule has 0 spiro atoms. The number of phenolic OH excluding ortho intramolecular Hbond substituents is 1. The van der Waals surface area contributed by atoms with Gasteiger partial charge in [0.15, 0.2) is 5.82 Å². The van der Waals surface area contributed by atoms with Gasteiger partial charge in [-0.1, -0.05) is 18.9 Å². The van der Waals surface area contributed by atoms with E-state index in [0.29, 0.717) is 17.3 Å². The smallest absolute Gasteiger partial charge is 0.175 e. The topological polar surface area (TPSA) is 70.3 Å². The Labute approximate surface area is 170 Å². The summed E-state index contributed by atoms with van der Waals surface area (Å²) in [6, 6.07) is 8.30. The van der Waals surface area contributed by atoms with Crippen molar-refractivity contribution in [3.63, 3.8) is 0 Å². The number of hydrogen-bond donors (Lipinski definition) is 1. The highest BCUT2D eigenvalue weighted by atomic mass is 16.3. The van der Waals surface area contributed by atoms with E-state index in [1.54, 1.807) is 16.9 Å².